The molecule has 0 saturated carbocycles. The molecule has 0 bridgehead atoms. The molecule has 0 fully saturated rings. The molecule has 3 rings (SSSR count). The molecule has 1 amide bonds. The van der Waals surface area contributed by atoms with E-state index in [0.717, 1.165) is 24.1 Å². The van der Waals surface area contributed by atoms with Gasteiger partial charge in [-0.05, 0) is 36.6 Å². The Morgan fingerprint density at radius 1 is 1.25 bits per heavy atom. The molecule has 1 unspecified atom stereocenters. The van der Waals surface area contributed by atoms with E-state index in [1.165, 1.54) is 0 Å². The number of pyridine rings is 1. The van der Waals surface area contributed by atoms with Crippen molar-refractivity contribution < 1.29 is 4.79 Å². The number of nitrogens with two attached hydrogens (primary N) is 1. The molecule has 0 saturated heterocycles. The van der Waals surface area contributed by atoms with E-state index in [2.05, 4.69) is 4.98 Å². The lowest BCUT2D eigenvalue weighted by Crippen LogP contribution is -2.31. The number of hydrogen-bond donors (Lipinski definition) is 1. The first-order chi connectivity index (χ1) is 9.77. The summed E-state index contributed by atoms with van der Waals surface area (Å²) in [6.45, 7) is 0.693. The summed E-state index contributed by atoms with van der Waals surface area (Å²) >= 11 is 0. The van der Waals surface area contributed by atoms with Gasteiger partial charge in [-0.3, -0.25) is 9.78 Å². The van der Waals surface area contributed by atoms with E-state index in [9.17, 15) is 4.79 Å². The molecule has 2 heterocycles. The molecule has 0 spiro atoms. The molecular weight excluding hydrogens is 250 g/mol. The summed E-state index contributed by atoms with van der Waals surface area (Å²) in [6.07, 6.45) is 5.08. The molecule has 4 nitrogen and oxygen atoms in total. The first kappa shape index (κ1) is 12.8. The van der Waals surface area contributed by atoms with Gasteiger partial charge in [-0.25, -0.2) is 0 Å². The number of para-hydroxylation sites is 1. The van der Waals surface area contributed by atoms with Crippen molar-refractivity contribution in [1.82, 2.24) is 4.98 Å². The van der Waals surface area contributed by atoms with Gasteiger partial charge in [0.25, 0.3) is 5.91 Å². The third-order valence-corrected chi connectivity index (χ3v) is 3.68. The van der Waals surface area contributed by atoms with Gasteiger partial charge in [0.05, 0.1) is 5.56 Å². The third-order valence-electron chi connectivity index (χ3n) is 3.68. The van der Waals surface area contributed by atoms with Crippen LogP contribution in [-0.2, 0) is 0 Å². The third kappa shape index (κ3) is 2.30. The maximum absolute atomic E-state index is 12.7. The van der Waals surface area contributed by atoms with Gasteiger partial charge in [-0.15, -0.1) is 0 Å². The minimum Gasteiger partial charge on any atom is -0.324 e. The lowest BCUT2D eigenvalue weighted by atomic mass is 10.0. The van der Waals surface area contributed by atoms with Crippen molar-refractivity contribution in [2.75, 3.05) is 11.4 Å². The molecule has 4 heteroatoms. The number of hydrogen-bond acceptors (Lipinski definition) is 3. The van der Waals surface area contributed by atoms with Crippen LogP contribution in [0.5, 0.6) is 0 Å². The summed E-state index contributed by atoms with van der Waals surface area (Å²) in [5.41, 5.74) is 8.77. The van der Waals surface area contributed by atoms with Gasteiger partial charge in [0.1, 0.15) is 0 Å². The molecule has 1 aliphatic heterocycles. The second kappa shape index (κ2) is 5.43. The summed E-state index contributed by atoms with van der Waals surface area (Å²) in [4.78, 5) is 18.5. The highest BCUT2D eigenvalue weighted by Gasteiger charge is 2.25. The van der Waals surface area contributed by atoms with Crippen LogP contribution in [0.4, 0.5) is 5.69 Å². The van der Waals surface area contributed by atoms with Crippen molar-refractivity contribution in [3.05, 3.63) is 59.9 Å². The van der Waals surface area contributed by atoms with Crippen LogP contribution in [0, 0.1) is 0 Å². The fourth-order valence-electron chi connectivity index (χ4n) is 2.65. The summed E-state index contributed by atoms with van der Waals surface area (Å²) in [5.74, 6) is -0.0142. The standard InChI is InChI=1S/C16H17N3O/c17-14-7-4-10-19(15-8-2-1-6-13(14)15)16(20)12-5-3-9-18-11-12/h1-3,5-6,8-9,11,14H,4,7,10,17H2. The van der Waals surface area contributed by atoms with Gasteiger partial charge in [-0.2, -0.15) is 0 Å². The second-order valence-electron chi connectivity index (χ2n) is 5.01. The highest BCUT2D eigenvalue weighted by atomic mass is 16.2. The zero-order valence-corrected chi connectivity index (χ0v) is 11.2. The molecule has 102 valence electrons. The van der Waals surface area contributed by atoms with Crippen LogP contribution in [0.2, 0.25) is 0 Å². The van der Waals surface area contributed by atoms with Crippen molar-refractivity contribution >= 4 is 11.6 Å². The van der Waals surface area contributed by atoms with Crippen LogP contribution >= 0.6 is 0 Å². The Balaban J connectivity index is 2.01. The van der Waals surface area contributed by atoms with Gasteiger partial charge in [-0.1, -0.05) is 18.2 Å². The molecule has 2 aromatic rings. The minimum atomic E-state index is -0.0142. The molecule has 1 atom stereocenters. The quantitative estimate of drug-likeness (QED) is 0.863. The van der Waals surface area contributed by atoms with E-state index < -0.39 is 0 Å². The van der Waals surface area contributed by atoms with Gasteiger partial charge in [0, 0.05) is 30.7 Å². The van der Waals surface area contributed by atoms with Crippen molar-refractivity contribution in [1.29, 1.82) is 0 Å². The number of carbonyl (C=O) groups excluding carboxylic acids is 1. The number of anilines is 1. The monoisotopic (exact) mass is 267 g/mol. The van der Waals surface area contributed by atoms with E-state index in [4.69, 9.17) is 5.73 Å². The molecule has 0 aliphatic carbocycles. The summed E-state index contributed by atoms with van der Waals surface area (Å²) in [6, 6.07) is 11.5. The average molecular weight is 267 g/mol. The second-order valence-corrected chi connectivity index (χ2v) is 5.01. The highest BCUT2D eigenvalue weighted by Crippen LogP contribution is 2.32. The number of benzene rings is 1. The van der Waals surface area contributed by atoms with Gasteiger partial charge >= 0.3 is 0 Å². The minimum absolute atomic E-state index is 0.00195. The fraction of sp³-hybridized carbons (Fsp3) is 0.250. The number of rotatable bonds is 1. The summed E-state index contributed by atoms with van der Waals surface area (Å²) < 4.78 is 0. The summed E-state index contributed by atoms with van der Waals surface area (Å²) in [5, 5.41) is 0. The largest absolute Gasteiger partial charge is 0.324 e. The number of aromatic nitrogens is 1. The van der Waals surface area contributed by atoms with E-state index >= 15 is 0 Å². The Morgan fingerprint density at radius 2 is 2.10 bits per heavy atom. The number of fused-ring (bicyclic) bond motifs is 1. The SMILES string of the molecule is NC1CCCN(C(=O)c2cccnc2)c2ccccc21. The Hall–Kier alpha value is -2.20. The molecule has 20 heavy (non-hydrogen) atoms. The van der Waals surface area contributed by atoms with Crippen molar-refractivity contribution in [3.63, 3.8) is 0 Å². The number of amides is 1. The van der Waals surface area contributed by atoms with Gasteiger partial charge < -0.3 is 10.6 Å². The molecule has 1 aromatic carbocycles. The number of nitrogens with zero attached hydrogens (tertiary/aromatic N) is 2. The first-order valence-electron chi connectivity index (χ1n) is 6.84. The van der Waals surface area contributed by atoms with E-state index in [1.54, 1.807) is 24.5 Å². The van der Waals surface area contributed by atoms with Crippen molar-refractivity contribution in [2.45, 2.75) is 18.9 Å². The highest BCUT2D eigenvalue weighted by molar-refractivity contribution is 6.06. The van der Waals surface area contributed by atoms with E-state index in [1.807, 2.05) is 29.2 Å². The predicted octanol–water partition coefficient (Wildman–Crippen LogP) is 2.52. The maximum atomic E-state index is 12.7. The van der Waals surface area contributed by atoms with Crippen LogP contribution in [0.25, 0.3) is 0 Å². The van der Waals surface area contributed by atoms with Crippen LogP contribution in [0.3, 0.4) is 0 Å². The van der Waals surface area contributed by atoms with E-state index in [0.29, 0.717) is 12.1 Å². The first-order valence-corrected chi connectivity index (χ1v) is 6.84. The molecule has 0 radical (unpaired) electrons. The van der Waals surface area contributed by atoms with Crippen molar-refractivity contribution in [3.8, 4) is 0 Å². The lowest BCUT2D eigenvalue weighted by Gasteiger charge is -2.23. The Bertz CT molecular complexity index is 612. The molecular formula is C16H17N3O. The Morgan fingerprint density at radius 3 is 2.90 bits per heavy atom. The Labute approximate surface area is 118 Å². The fourth-order valence-corrected chi connectivity index (χ4v) is 2.65. The van der Waals surface area contributed by atoms with Crippen molar-refractivity contribution in [2.24, 2.45) is 5.73 Å². The average Bonchev–Trinajstić information content (AvgIpc) is 2.67. The number of carbonyl (C=O) groups is 1. The van der Waals surface area contributed by atoms with Crippen LogP contribution in [0.1, 0.15) is 34.8 Å². The van der Waals surface area contributed by atoms with Crippen LogP contribution < -0.4 is 10.6 Å². The zero-order valence-electron chi connectivity index (χ0n) is 11.2. The molecule has 1 aromatic heterocycles. The van der Waals surface area contributed by atoms with Crippen LogP contribution in [-0.4, -0.2) is 17.4 Å². The van der Waals surface area contributed by atoms with Gasteiger partial charge in [0.15, 0.2) is 0 Å². The zero-order chi connectivity index (χ0) is 13.9. The smallest absolute Gasteiger partial charge is 0.259 e. The summed E-state index contributed by atoms with van der Waals surface area (Å²) in [7, 11) is 0. The molecule has 2 N–H and O–H groups in total. The molecule has 1 aliphatic rings. The van der Waals surface area contributed by atoms with E-state index in [-0.39, 0.29) is 11.9 Å². The van der Waals surface area contributed by atoms with Gasteiger partial charge in [0.2, 0.25) is 0 Å². The predicted molar refractivity (Wildman–Crippen MR) is 78.5 cm³/mol. The van der Waals surface area contributed by atoms with Crippen LogP contribution in [0.15, 0.2) is 48.8 Å². The maximum Gasteiger partial charge on any atom is 0.259 e. The Kier molecular flexibility index (Phi) is 3.48. The normalized spacial score (nSPS) is 18.2. The topological polar surface area (TPSA) is 59.2 Å². The lowest BCUT2D eigenvalue weighted by molar-refractivity contribution is 0.0986.